The van der Waals surface area contributed by atoms with E-state index in [0.29, 0.717) is 11.3 Å². The van der Waals surface area contributed by atoms with Crippen molar-refractivity contribution >= 4 is 21.6 Å². The monoisotopic (exact) mass is 415 g/mol. The van der Waals surface area contributed by atoms with Crippen LogP contribution in [0.1, 0.15) is 48.0 Å². The number of carbonyl (C=O) groups excluding carboxylic acids is 1. The van der Waals surface area contributed by atoms with Gasteiger partial charge in [0.25, 0.3) is 0 Å². The fraction of sp³-hybridized carbons (Fsp3) is 0.333. The third-order valence-corrected chi connectivity index (χ3v) is 6.01. The molecule has 2 heterocycles. The Morgan fingerprint density at radius 1 is 1.17 bits per heavy atom. The van der Waals surface area contributed by atoms with Crippen LogP contribution in [0.4, 0.5) is 0 Å². The SMILES string of the molecule is Cc1ccc(S(=O)(=O)NC(C)(C)C)cc1C(=O)OCc1cn2cccc(C)c2n1. The van der Waals surface area contributed by atoms with E-state index in [-0.39, 0.29) is 17.1 Å². The lowest BCUT2D eigenvalue weighted by atomic mass is 10.1. The minimum Gasteiger partial charge on any atom is -0.456 e. The van der Waals surface area contributed by atoms with E-state index in [1.807, 2.05) is 29.7 Å². The summed E-state index contributed by atoms with van der Waals surface area (Å²) < 4.78 is 35.0. The van der Waals surface area contributed by atoms with E-state index in [1.54, 1.807) is 40.0 Å². The van der Waals surface area contributed by atoms with Crippen LogP contribution < -0.4 is 4.72 Å². The predicted octanol–water partition coefficient (Wildman–Crippen LogP) is 3.38. The number of hydrogen-bond acceptors (Lipinski definition) is 5. The maximum Gasteiger partial charge on any atom is 0.338 e. The van der Waals surface area contributed by atoms with Gasteiger partial charge in [-0.3, -0.25) is 0 Å². The number of aromatic nitrogens is 2. The Morgan fingerprint density at radius 2 is 1.90 bits per heavy atom. The summed E-state index contributed by atoms with van der Waals surface area (Å²) in [6.45, 7) is 8.95. The second-order valence-corrected chi connectivity index (χ2v) is 9.75. The second kappa shape index (κ2) is 7.61. The van der Waals surface area contributed by atoms with Gasteiger partial charge >= 0.3 is 5.97 Å². The van der Waals surface area contributed by atoms with Gasteiger partial charge in [0.15, 0.2) is 0 Å². The summed E-state index contributed by atoms with van der Waals surface area (Å²) in [5.74, 6) is -0.593. The normalized spacial score (nSPS) is 12.3. The molecule has 0 atom stereocenters. The maximum absolute atomic E-state index is 12.6. The van der Waals surface area contributed by atoms with Gasteiger partial charge in [0.2, 0.25) is 10.0 Å². The van der Waals surface area contributed by atoms with Crippen molar-refractivity contribution in [1.29, 1.82) is 0 Å². The van der Waals surface area contributed by atoms with Gasteiger partial charge in [0.1, 0.15) is 12.3 Å². The lowest BCUT2D eigenvalue weighted by Crippen LogP contribution is -2.40. The van der Waals surface area contributed by atoms with Crippen molar-refractivity contribution in [3.63, 3.8) is 0 Å². The third kappa shape index (κ3) is 4.83. The average molecular weight is 416 g/mol. The summed E-state index contributed by atoms with van der Waals surface area (Å²) in [4.78, 5) is 17.1. The number of benzene rings is 1. The molecule has 0 amide bonds. The quantitative estimate of drug-likeness (QED) is 0.645. The number of carbonyl (C=O) groups is 1. The molecule has 0 bridgehead atoms. The first-order valence-corrected chi connectivity index (χ1v) is 10.7. The van der Waals surface area contributed by atoms with Gasteiger partial charge in [-0.25, -0.2) is 22.9 Å². The molecule has 1 N–H and O–H groups in total. The second-order valence-electron chi connectivity index (χ2n) is 8.06. The van der Waals surface area contributed by atoms with Gasteiger partial charge in [-0.05, 0) is 63.9 Å². The van der Waals surface area contributed by atoms with Crippen LogP contribution in [0.5, 0.6) is 0 Å². The van der Waals surface area contributed by atoms with Crippen LogP contribution in [0.25, 0.3) is 5.65 Å². The van der Waals surface area contributed by atoms with Crippen LogP contribution in [-0.4, -0.2) is 29.3 Å². The molecule has 2 aromatic heterocycles. The molecule has 0 aliphatic heterocycles. The van der Waals surface area contributed by atoms with Crippen molar-refractivity contribution < 1.29 is 17.9 Å². The van der Waals surface area contributed by atoms with Crippen LogP contribution in [-0.2, 0) is 21.4 Å². The highest BCUT2D eigenvalue weighted by Crippen LogP contribution is 2.19. The molecular weight excluding hydrogens is 390 g/mol. The molecule has 0 radical (unpaired) electrons. The first kappa shape index (κ1) is 21.0. The standard InChI is InChI=1S/C21H25N3O4S/c1-14-8-9-17(29(26,27)23-21(3,4)5)11-18(14)20(25)28-13-16-12-24-10-6-7-15(2)19(24)22-16/h6-12,23H,13H2,1-5H3. The Kier molecular flexibility index (Phi) is 5.51. The summed E-state index contributed by atoms with van der Waals surface area (Å²) in [5, 5.41) is 0. The third-order valence-electron chi connectivity index (χ3n) is 4.26. The van der Waals surface area contributed by atoms with Crippen LogP contribution in [0.3, 0.4) is 0 Å². The molecule has 0 saturated carbocycles. The van der Waals surface area contributed by atoms with E-state index in [4.69, 9.17) is 4.74 Å². The number of fused-ring (bicyclic) bond motifs is 1. The molecule has 1 aromatic carbocycles. The Labute approximate surface area is 170 Å². The molecule has 0 aliphatic rings. The molecule has 154 valence electrons. The number of ether oxygens (including phenoxy) is 1. The fourth-order valence-corrected chi connectivity index (χ4v) is 4.39. The summed E-state index contributed by atoms with van der Waals surface area (Å²) in [6, 6.07) is 8.30. The van der Waals surface area contributed by atoms with Crippen LogP contribution >= 0.6 is 0 Å². The maximum atomic E-state index is 12.6. The van der Waals surface area contributed by atoms with Gasteiger partial charge in [0, 0.05) is 17.9 Å². The topological polar surface area (TPSA) is 89.8 Å². The fourth-order valence-electron chi connectivity index (χ4n) is 2.94. The lowest BCUT2D eigenvalue weighted by molar-refractivity contribution is 0.0467. The zero-order valence-electron chi connectivity index (χ0n) is 17.2. The highest BCUT2D eigenvalue weighted by atomic mass is 32.2. The van der Waals surface area contributed by atoms with Gasteiger partial charge in [-0.1, -0.05) is 12.1 Å². The number of nitrogens with zero attached hydrogens (tertiary/aromatic N) is 2. The minimum atomic E-state index is -3.75. The number of nitrogens with one attached hydrogen (secondary N) is 1. The number of esters is 1. The Hall–Kier alpha value is -2.71. The zero-order chi connectivity index (χ0) is 21.4. The van der Waals surface area contributed by atoms with E-state index in [0.717, 1.165) is 11.2 Å². The number of hydrogen-bond donors (Lipinski definition) is 1. The van der Waals surface area contributed by atoms with Gasteiger partial charge < -0.3 is 9.14 Å². The molecule has 3 aromatic rings. The van der Waals surface area contributed by atoms with E-state index in [1.165, 1.54) is 12.1 Å². The molecule has 0 unspecified atom stereocenters. The van der Waals surface area contributed by atoms with Crippen LogP contribution in [0.2, 0.25) is 0 Å². The highest BCUT2D eigenvalue weighted by Gasteiger charge is 2.24. The molecule has 3 rings (SSSR count). The van der Waals surface area contributed by atoms with Crippen molar-refractivity contribution in [3.8, 4) is 0 Å². The van der Waals surface area contributed by atoms with Crippen molar-refractivity contribution in [3.05, 3.63) is 65.1 Å². The van der Waals surface area contributed by atoms with Crippen molar-refractivity contribution in [2.24, 2.45) is 0 Å². The molecule has 0 saturated heterocycles. The Balaban J connectivity index is 1.80. The molecule has 7 nitrogen and oxygen atoms in total. The molecule has 0 aliphatic carbocycles. The summed E-state index contributed by atoms with van der Waals surface area (Å²) in [7, 11) is -3.75. The largest absolute Gasteiger partial charge is 0.456 e. The average Bonchev–Trinajstić information content (AvgIpc) is 3.02. The highest BCUT2D eigenvalue weighted by molar-refractivity contribution is 7.89. The van der Waals surface area contributed by atoms with E-state index >= 15 is 0 Å². The minimum absolute atomic E-state index is 0.00336. The summed E-state index contributed by atoms with van der Waals surface area (Å²) >= 11 is 0. The van der Waals surface area contributed by atoms with Crippen LogP contribution in [0.15, 0.2) is 47.6 Å². The van der Waals surface area contributed by atoms with Gasteiger partial charge in [-0.2, -0.15) is 0 Å². The smallest absolute Gasteiger partial charge is 0.338 e. The van der Waals surface area contributed by atoms with Crippen molar-refractivity contribution in [1.82, 2.24) is 14.1 Å². The first-order chi connectivity index (χ1) is 13.5. The molecule has 29 heavy (non-hydrogen) atoms. The van der Waals surface area contributed by atoms with Gasteiger partial charge in [-0.15, -0.1) is 0 Å². The zero-order valence-corrected chi connectivity index (χ0v) is 18.0. The van der Waals surface area contributed by atoms with Gasteiger partial charge in [0.05, 0.1) is 16.2 Å². The number of rotatable bonds is 5. The van der Waals surface area contributed by atoms with Crippen molar-refractivity contribution in [2.45, 2.75) is 51.7 Å². The Morgan fingerprint density at radius 3 is 2.55 bits per heavy atom. The van der Waals surface area contributed by atoms with Crippen molar-refractivity contribution in [2.75, 3.05) is 0 Å². The lowest BCUT2D eigenvalue weighted by Gasteiger charge is -2.20. The van der Waals surface area contributed by atoms with E-state index < -0.39 is 21.5 Å². The number of aryl methyl sites for hydroxylation is 2. The number of imidazole rings is 1. The molecular formula is C21H25N3O4S. The number of pyridine rings is 1. The van der Waals surface area contributed by atoms with E-state index in [2.05, 4.69) is 9.71 Å². The molecule has 0 fully saturated rings. The number of sulfonamides is 1. The molecule has 0 spiro atoms. The Bertz CT molecular complexity index is 1170. The first-order valence-electron chi connectivity index (χ1n) is 9.21. The predicted molar refractivity (Wildman–Crippen MR) is 110 cm³/mol. The van der Waals surface area contributed by atoms with Crippen LogP contribution in [0, 0.1) is 13.8 Å². The summed E-state index contributed by atoms with van der Waals surface area (Å²) in [6.07, 6.45) is 3.68. The summed E-state index contributed by atoms with van der Waals surface area (Å²) in [5.41, 5.74) is 2.65. The van der Waals surface area contributed by atoms with E-state index in [9.17, 15) is 13.2 Å². The molecule has 8 heteroatoms.